The number of nitrogens with one attached hydrogen (secondary N) is 2. The number of H-pyrrole nitrogens is 2. The van der Waals surface area contributed by atoms with E-state index < -0.39 is 0 Å². The zero-order chi connectivity index (χ0) is 24.2. The lowest BCUT2D eigenvalue weighted by atomic mass is 10.1. The molecule has 6 heterocycles. The molecule has 0 saturated carbocycles. The van der Waals surface area contributed by atoms with Crippen LogP contribution in [0.15, 0.2) is 61.2 Å². The molecule has 1 saturated heterocycles. The number of aromatic amines is 2. The maximum Gasteiger partial charge on any atom is 0.159 e. The first-order chi connectivity index (χ1) is 17.6. The summed E-state index contributed by atoms with van der Waals surface area (Å²) in [6, 6.07) is 10.4. The molecule has 11 heteroatoms. The van der Waals surface area contributed by atoms with Gasteiger partial charge in [0.25, 0.3) is 0 Å². The summed E-state index contributed by atoms with van der Waals surface area (Å²) in [6.07, 6.45) is 6.76. The average Bonchev–Trinajstić information content (AvgIpc) is 3.51. The second-order valence-corrected chi connectivity index (χ2v) is 8.74. The molecule has 0 radical (unpaired) electrons. The van der Waals surface area contributed by atoms with Gasteiger partial charge in [-0.15, -0.1) is 0 Å². The van der Waals surface area contributed by atoms with E-state index in [9.17, 15) is 4.39 Å². The Labute approximate surface area is 203 Å². The number of anilines is 1. The number of hydrogen-bond acceptors (Lipinski definition) is 8. The Balaban J connectivity index is 1.32. The summed E-state index contributed by atoms with van der Waals surface area (Å²) in [7, 11) is 0. The first-order valence-corrected chi connectivity index (χ1v) is 11.4. The summed E-state index contributed by atoms with van der Waals surface area (Å²) in [6.45, 7) is 1.51. The predicted molar refractivity (Wildman–Crippen MR) is 133 cm³/mol. The Kier molecular flexibility index (Phi) is 4.51. The second-order valence-electron chi connectivity index (χ2n) is 8.74. The van der Waals surface area contributed by atoms with E-state index in [2.05, 4.69) is 35.0 Å². The van der Waals surface area contributed by atoms with Crippen molar-refractivity contribution < 1.29 is 4.39 Å². The molecule has 0 spiro atoms. The van der Waals surface area contributed by atoms with Gasteiger partial charge < -0.3 is 15.6 Å². The van der Waals surface area contributed by atoms with Crippen LogP contribution in [0.2, 0.25) is 0 Å². The molecule has 0 atom stereocenters. The smallest absolute Gasteiger partial charge is 0.159 e. The third-order valence-electron chi connectivity index (χ3n) is 6.32. The van der Waals surface area contributed by atoms with Crippen LogP contribution in [0, 0.1) is 5.82 Å². The van der Waals surface area contributed by atoms with Gasteiger partial charge >= 0.3 is 0 Å². The first-order valence-electron chi connectivity index (χ1n) is 11.4. The highest BCUT2D eigenvalue weighted by atomic mass is 19.1. The Hall–Kier alpha value is -4.77. The molecule has 176 valence electrons. The highest BCUT2D eigenvalue weighted by Crippen LogP contribution is 2.32. The number of nitrogens with zero attached hydrogens (tertiary/aromatic N) is 7. The van der Waals surface area contributed by atoms with Gasteiger partial charge in [0.1, 0.15) is 34.2 Å². The molecule has 7 rings (SSSR count). The molecule has 4 N–H and O–H groups in total. The monoisotopic (exact) mass is 478 g/mol. The fourth-order valence-corrected chi connectivity index (χ4v) is 4.47. The van der Waals surface area contributed by atoms with Crippen LogP contribution in [-0.4, -0.2) is 59.2 Å². The van der Waals surface area contributed by atoms with Crippen LogP contribution < -0.4 is 10.6 Å². The fourth-order valence-electron chi connectivity index (χ4n) is 4.47. The molecule has 0 bridgehead atoms. The van der Waals surface area contributed by atoms with Gasteiger partial charge in [0.2, 0.25) is 0 Å². The summed E-state index contributed by atoms with van der Waals surface area (Å²) in [5.41, 5.74) is 10.7. The van der Waals surface area contributed by atoms with Crippen molar-refractivity contribution in [2.24, 2.45) is 5.73 Å². The van der Waals surface area contributed by atoms with Crippen molar-refractivity contribution in [1.29, 1.82) is 0 Å². The highest BCUT2D eigenvalue weighted by Gasteiger charge is 2.25. The van der Waals surface area contributed by atoms with Crippen molar-refractivity contribution in [3.8, 4) is 34.2 Å². The van der Waals surface area contributed by atoms with Crippen LogP contribution in [0.1, 0.15) is 0 Å². The van der Waals surface area contributed by atoms with Gasteiger partial charge in [-0.25, -0.2) is 14.4 Å². The molecule has 1 fully saturated rings. The standard InChI is InChI=1S/C25H19FN10/c26-16-4-2-1-3-14(16)22-24-17(5-6-29-22)32-25(33-24)23-15-7-18(30-9-19(15)34-35-23)20-8-28-10-21(31-20)36-11-13(27)12-36/h1-10,13H,11-12,27H2,(H,32,33)(H,34,35). The maximum absolute atomic E-state index is 14.5. The lowest BCUT2D eigenvalue weighted by Crippen LogP contribution is -2.56. The molecule has 0 amide bonds. The van der Waals surface area contributed by atoms with Gasteiger partial charge in [0.05, 0.1) is 35.3 Å². The highest BCUT2D eigenvalue weighted by molar-refractivity contribution is 5.96. The van der Waals surface area contributed by atoms with Crippen molar-refractivity contribution >= 4 is 27.8 Å². The van der Waals surface area contributed by atoms with Crippen LogP contribution >= 0.6 is 0 Å². The van der Waals surface area contributed by atoms with E-state index in [1.54, 1.807) is 49.1 Å². The molecule has 1 aliphatic rings. The number of rotatable bonds is 4. The Morgan fingerprint density at radius 3 is 2.69 bits per heavy atom. The minimum atomic E-state index is -0.355. The normalized spacial score (nSPS) is 14.0. The van der Waals surface area contributed by atoms with E-state index in [1.807, 2.05) is 6.07 Å². The number of halogens is 1. The summed E-state index contributed by atoms with van der Waals surface area (Å²) in [4.78, 5) is 28.2. The molecule has 6 aromatic rings. The molecule has 1 aliphatic heterocycles. The number of pyridine rings is 2. The van der Waals surface area contributed by atoms with E-state index in [-0.39, 0.29) is 11.9 Å². The predicted octanol–water partition coefficient (Wildman–Crippen LogP) is 3.31. The lowest BCUT2D eigenvalue weighted by molar-refractivity contribution is 0.514. The number of benzene rings is 1. The van der Waals surface area contributed by atoms with E-state index in [4.69, 9.17) is 15.7 Å². The van der Waals surface area contributed by atoms with Gasteiger partial charge in [-0.05, 0) is 24.3 Å². The van der Waals surface area contributed by atoms with Crippen molar-refractivity contribution in [2.45, 2.75) is 6.04 Å². The number of imidazole rings is 1. The van der Waals surface area contributed by atoms with Crippen LogP contribution in [0.4, 0.5) is 10.2 Å². The van der Waals surface area contributed by atoms with Crippen molar-refractivity contribution in [3.05, 3.63) is 67.0 Å². The van der Waals surface area contributed by atoms with Gasteiger partial charge in [-0.3, -0.25) is 20.1 Å². The number of fused-ring (bicyclic) bond motifs is 2. The molecule has 1 aromatic carbocycles. The van der Waals surface area contributed by atoms with Crippen LogP contribution in [0.25, 0.3) is 56.1 Å². The molecular formula is C25H19FN10. The summed E-state index contributed by atoms with van der Waals surface area (Å²) in [5.74, 6) is 0.953. The molecule has 10 nitrogen and oxygen atoms in total. The molecule has 5 aromatic heterocycles. The molecule has 0 aliphatic carbocycles. The number of hydrogen-bond donors (Lipinski definition) is 3. The minimum Gasteiger partial charge on any atom is -0.352 e. The quantitative estimate of drug-likeness (QED) is 0.351. The summed E-state index contributed by atoms with van der Waals surface area (Å²) in [5, 5.41) is 8.31. The SMILES string of the molecule is NC1CN(c2cncc(-c3cc4c(-c5nc6c(-c7ccccc7F)nccc6[nH]5)n[nH]c4cn3)n2)C1. The zero-order valence-electron chi connectivity index (χ0n) is 18.9. The van der Waals surface area contributed by atoms with Crippen molar-refractivity contribution in [2.75, 3.05) is 18.0 Å². The summed E-state index contributed by atoms with van der Waals surface area (Å²) < 4.78 is 14.5. The number of aromatic nitrogens is 8. The van der Waals surface area contributed by atoms with Crippen LogP contribution in [0.3, 0.4) is 0 Å². The van der Waals surface area contributed by atoms with E-state index in [1.165, 1.54) is 6.07 Å². The van der Waals surface area contributed by atoms with Crippen molar-refractivity contribution in [3.63, 3.8) is 0 Å². The Bertz CT molecular complexity index is 1750. The third-order valence-corrected chi connectivity index (χ3v) is 6.32. The van der Waals surface area contributed by atoms with Gasteiger partial charge in [0.15, 0.2) is 5.82 Å². The maximum atomic E-state index is 14.5. The molecule has 36 heavy (non-hydrogen) atoms. The minimum absolute atomic E-state index is 0.163. The number of nitrogens with two attached hydrogens (primary N) is 1. The average molecular weight is 478 g/mol. The van der Waals surface area contributed by atoms with Crippen LogP contribution in [0.5, 0.6) is 0 Å². The molecular weight excluding hydrogens is 459 g/mol. The van der Waals surface area contributed by atoms with E-state index in [0.29, 0.717) is 39.7 Å². The first kappa shape index (κ1) is 20.6. The van der Waals surface area contributed by atoms with Crippen molar-refractivity contribution in [1.82, 2.24) is 40.1 Å². The third kappa shape index (κ3) is 3.28. The topological polar surface area (TPSA) is 138 Å². The fraction of sp³-hybridized carbons (Fsp3) is 0.120. The van der Waals surface area contributed by atoms with Crippen LogP contribution in [-0.2, 0) is 0 Å². The van der Waals surface area contributed by atoms with Gasteiger partial charge in [-0.2, -0.15) is 5.10 Å². The van der Waals surface area contributed by atoms with E-state index >= 15 is 0 Å². The van der Waals surface area contributed by atoms with Gasteiger partial charge in [0, 0.05) is 36.3 Å². The van der Waals surface area contributed by atoms with Gasteiger partial charge in [-0.1, -0.05) is 12.1 Å². The second kappa shape index (κ2) is 7.89. The largest absolute Gasteiger partial charge is 0.352 e. The lowest BCUT2D eigenvalue weighted by Gasteiger charge is -2.37. The molecule has 0 unspecified atom stereocenters. The Morgan fingerprint density at radius 2 is 1.83 bits per heavy atom. The van der Waals surface area contributed by atoms with E-state index in [0.717, 1.165) is 35.3 Å². The summed E-state index contributed by atoms with van der Waals surface area (Å²) >= 11 is 0. The Morgan fingerprint density at radius 1 is 0.944 bits per heavy atom. The zero-order valence-corrected chi connectivity index (χ0v) is 18.9.